The third-order valence-electron chi connectivity index (χ3n) is 9.34. The molecular weight excluding hydrogens is 300 g/mol. The Balaban J connectivity index is 1.65. The maximum absolute atomic E-state index is 12.3. The molecule has 3 nitrogen and oxygen atoms in total. The highest BCUT2D eigenvalue weighted by Gasteiger charge is 2.66. The first kappa shape index (κ1) is 17.0. The standard InChI is InChI=1S/C21H34O3/c1-19-10-4-3-5-14(19)6-7-15-16(19)8-11-20(2)17(15)9-12-21(20,24)18(23)13-22/h14-17,22,24H,3-13H2,1-2H3/t14?,15-,16+,17+,19+,20+,21+/m1/s1. The Labute approximate surface area is 146 Å². The molecule has 0 amide bonds. The summed E-state index contributed by atoms with van der Waals surface area (Å²) in [7, 11) is 0. The first-order valence-electron chi connectivity index (χ1n) is 10.2. The molecular formula is C21H34O3. The second-order valence-electron chi connectivity index (χ2n) is 9.84. The molecule has 0 aromatic carbocycles. The lowest BCUT2D eigenvalue weighted by Crippen LogP contribution is -2.58. The summed E-state index contributed by atoms with van der Waals surface area (Å²) in [5, 5.41) is 20.6. The number of carbonyl (C=O) groups is 1. The summed E-state index contributed by atoms with van der Waals surface area (Å²) >= 11 is 0. The largest absolute Gasteiger partial charge is 0.388 e. The van der Waals surface area contributed by atoms with Crippen LogP contribution in [0.15, 0.2) is 0 Å². The van der Waals surface area contributed by atoms with Crippen LogP contribution in [-0.2, 0) is 4.79 Å². The van der Waals surface area contributed by atoms with Gasteiger partial charge in [0, 0.05) is 5.41 Å². The minimum atomic E-state index is -1.29. The molecule has 136 valence electrons. The Morgan fingerprint density at radius 3 is 2.46 bits per heavy atom. The van der Waals surface area contributed by atoms with Gasteiger partial charge in [0.1, 0.15) is 12.2 Å². The number of carbonyl (C=O) groups excluding carboxylic acids is 1. The van der Waals surface area contributed by atoms with Crippen LogP contribution in [0, 0.1) is 34.5 Å². The highest BCUT2D eigenvalue weighted by Crippen LogP contribution is 2.68. The normalized spacial score (nSPS) is 53.8. The topological polar surface area (TPSA) is 57.5 Å². The maximum atomic E-state index is 12.3. The summed E-state index contributed by atoms with van der Waals surface area (Å²) < 4.78 is 0. The quantitative estimate of drug-likeness (QED) is 0.809. The number of hydrogen-bond acceptors (Lipinski definition) is 3. The molecule has 4 aliphatic carbocycles. The molecule has 24 heavy (non-hydrogen) atoms. The first-order chi connectivity index (χ1) is 11.4. The van der Waals surface area contributed by atoms with Gasteiger partial charge in [-0.1, -0.05) is 26.7 Å². The minimum Gasteiger partial charge on any atom is -0.388 e. The van der Waals surface area contributed by atoms with Crippen molar-refractivity contribution in [1.29, 1.82) is 0 Å². The number of Topliss-reactive ketones (excluding diaryl/α,β-unsaturated/α-hetero) is 1. The van der Waals surface area contributed by atoms with Gasteiger partial charge in [0.2, 0.25) is 0 Å². The van der Waals surface area contributed by atoms with Crippen molar-refractivity contribution in [2.24, 2.45) is 34.5 Å². The van der Waals surface area contributed by atoms with Gasteiger partial charge >= 0.3 is 0 Å². The summed E-state index contributed by atoms with van der Waals surface area (Å²) in [6.45, 7) is 4.17. The smallest absolute Gasteiger partial charge is 0.190 e. The van der Waals surface area contributed by atoms with E-state index in [1.165, 1.54) is 38.5 Å². The lowest BCUT2D eigenvalue weighted by Gasteiger charge is -2.61. The van der Waals surface area contributed by atoms with Gasteiger partial charge in [-0.05, 0) is 80.5 Å². The van der Waals surface area contributed by atoms with Crippen molar-refractivity contribution in [2.45, 2.75) is 83.7 Å². The second-order valence-corrected chi connectivity index (χ2v) is 9.84. The van der Waals surface area contributed by atoms with Gasteiger partial charge < -0.3 is 10.2 Å². The van der Waals surface area contributed by atoms with E-state index in [4.69, 9.17) is 0 Å². The highest BCUT2D eigenvalue weighted by molar-refractivity contribution is 5.89. The maximum Gasteiger partial charge on any atom is 0.190 e. The molecule has 0 saturated heterocycles. The van der Waals surface area contributed by atoms with E-state index in [9.17, 15) is 15.0 Å². The summed E-state index contributed by atoms with van der Waals surface area (Å²) in [4.78, 5) is 12.3. The van der Waals surface area contributed by atoms with E-state index in [2.05, 4.69) is 13.8 Å². The number of rotatable bonds is 2. The van der Waals surface area contributed by atoms with Crippen molar-refractivity contribution in [1.82, 2.24) is 0 Å². The number of aliphatic hydroxyl groups is 2. The molecule has 0 aromatic rings. The van der Waals surface area contributed by atoms with Crippen LogP contribution in [0.4, 0.5) is 0 Å². The molecule has 0 bridgehead atoms. The van der Waals surface area contributed by atoms with E-state index in [0.29, 0.717) is 23.7 Å². The van der Waals surface area contributed by atoms with Crippen LogP contribution in [0.25, 0.3) is 0 Å². The Morgan fingerprint density at radius 1 is 0.958 bits per heavy atom. The summed E-state index contributed by atoms with van der Waals surface area (Å²) in [5.41, 5.74) is -1.13. The molecule has 2 N–H and O–H groups in total. The molecule has 0 aliphatic heterocycles. The molecule has 7 atom stereocenters. The predicted octanol–water partition coefficient (Wildman–Crippen LogP) is 3.71. The van der Waals surface area contributed by atoms with E-state index in [0.717, 1.165) is 31.1 Å². The fourth-order valence-electron chi connectivity index (χ4n) is 7.90. The van der Waals surface area contributed by atoms with Crippen LogP contribution in [0.2, 0.25) is 0 Å². The van der Waals surface area contributed by atoms with Gasteiger partial charge in [0.15, 0.2) is 5.78 Å². The Hall–Kier alpha value is -0.410. The number of ketones is 1. The zero-order valence-electron chi connectivity index (χ0n) is 15.4. The zero-order valence-corrected chi connectivity index (χ0v) is 15.4. The fourth-order valence-corrected chi connectivity index (χ4v) is 7.90. The Kier molecular flexibility index (Phi) is 3.93. The van der Waals surface area contributed by atoms with Gasteiger partial charge in [-0.25, -0.2) is 0 Å². The van der Waals surface area contributed by atoms with E-state index in [1.807, 2.05) is 0 Å². The van der Waals surface area contributed by atoms with Gasteiger partial charge in [0.25, 0.3) is 0 Å². The Morgan fingerprint density at radius 2 is 1.71 bits per heavy atom. The molecule has 4 fully saturated rings. The third kappa shape index (κ3) is 2.00. The van der Waals surface area contributed by atoms with E-state index < -0.39 is 12.2 Å². The second kappa shape index (κ2) is 5.54. The molecule has 4 rings (SSSR count). The zero-order chi connectivity index (χ0) is 17.2. The van der Waals surface area contributed by atoms with Crippen molar-refractivity contribution >= 4 is 5.78 Å². The molecule has 0 heterocycles. The average Bonchev–Trinajstić information content (AvgIpc) is 2.86. The molecule has 4 aliphatic rings. The number of fused-ring (bicyclic) bond motifs is 5. The molecule has 1 unspecified atom stereocenters. The monoisotopic (exact) mass is 334 g/mol. The van der Waals surface area contributed by atoms with E-state index in [-0.39, 0.29) is 11.2 Å². The molecule has 4 saturated carbocycles. The molecule has 0 aromatic heterocycles. The van der Waals surface area contributed by atoms with Gasteiger partial charge in [-0.15, -0.1) is 0 Å². The van der Waals surface area contributed by atoms with E-state index >= 15 is 0 Å². The molecule has 3 heteroatoms. The van der Waals surface area contributed by atoms with Crippen LogP contribution in [0.5, 0.6) is 0 Å². The van der Waals surface area contributed by atoms with Gasteiger partial charge in [-0.3, -0.25) is 4.79 Å². The van der Waals surface area contributed by atoms with Gasteiger partial charge in [-0.2, -0.15) is 0 Å². The molecule has 0 spiro atoms. The van der Waals surface area contributed by atoms with Crippen molar-refractivity contribution < 1.29 is 15.0 Å². The summed E-state index contributed by atoms with van der Waals surface area (Å²) in [5.74, 6) is 2.46. The lowest BCUT2D eigenvalue weighted by molar-refractivity contribution is -0.171. The number of hydrogen-bond donors (Lipinski definition) is 2. The van der Waals surface area contributed by atoms with Crippen molar-refractivity contribution in [3.8, 4) is 0 Å². The third-order valence-corrected chi connectivity index (χ3v) is 9.34. The predicted molar refractivity (Wildman–Crippen MR) is 93.4 cm³/mol. The van der Waals surface area contributed by atoms with Crippen LogP contribution < -0.4 is 0 Å². The van der Waals surface area contributed by atoms with E-state index in [1.54, 1.807) is 0 Å². The lowest BCUT2D eigenvalue weighted by atomic mass is 9.44. The van der Waals surface area contributed by atoms with Crippen LogP contribution in [0.3, 0.4) is 0 Å². The number of aliphatic hydroxyl groups excluding tert-OH is 1. The summed E-state index contributed by atoms with van der Waals surface area (Å²) in [6, 6.07) is 0. The van der Waals surface area contributed by atoms with Crippen molar-refractivity contribution in [3.63, 3.8) is 0 Å². The van der Waals surface area contributed by atoms with Gasteiger partial charge in [0.05, 0.1) is 0 Å². The molecule has 0 radical (unpaired) electrons. The van der Waals surface area contributed by atoms with Crippen LogP contribution >= 0.6 is 0 Å². The highest BCUT2D eigenvalue weighted by atomic mass is 16.3. The summed E-state index contributed by atoms with van der Waals surface area (Å²) in [6.07, 6.45) is 11.8. The SMILES string of the molecule is C[C@]12CCCCC1CC[C@@H]1[C@@H]2CC[C@@]2(C)[C@H]1CC[C@]2(O)C(=O)CO. The first-order valence-corrected chi connectivity index (χ1v) is 10.2. The average molecular weight is 335 g/mol. The Bertz CT molecular complexity index is 531. The van der Waals surface area contributed by atoms with Crippen LogP contribution in [-0.4, -0.2) is 28.2 Å². The van der Waals surface area contributed by atoms with Crippen molar-refractivity contribution in [2.75, 3.05) is 6.61 Å². The fraction of sp³-hybridized carbons (Fsp3) is 0.952. The van der Waals surface area contributed by atoms with Crippen LogP contribution in [0.1, 0.15) is 78.1 Å². The minimum absolute atomic E-state index is 0.328. The van der Waals surface area contributed by atoms with Crippen molar-refractivity contribution in [3.05, 3.63) is 0 Å².